The zero-order chi connectivity index (χ0) is 13.1. The van der Waals surface area contributed by atoms with Gasteiger partial charge in [0, 0.05) is 29.9 Å². The van der Waals surface area contributed by atoms with E-state index in [4.69, 9.17) is 5.11 Å². The first-order valence-electron chi connectivity index (χ1n) is 6.42. The average Bonchev–Trinajstić information content (AvgIpc) is 2.65. The lowest BCUT2D eigenvalue weighted by atomic mass is 10.0. The highest BCUT2D eigenvalue weighted by molar-refractivity contribution is 5.80. The standard InChI is InChI=1S/C14H16N4O/c19-8-7-16-14-11-5-6-15-12-4-2-1-3-10(12)13(11)17-9-18-14/h1-4,9,15,19H,5-8H2,(H,16,17,18). The normalized spacial score (nSPS) is 12.9. The van der Waals surface area contributed by atoms with Gasteiger partial charge in [-0.05, 0) is 12.5 Å². The average molecular weight is 256 g/mol. The van der Waals surface area contributed by atoms with Gasteiger partial charge < -0.3 is 15.7 Å². The number of nitrogens with zero attached hydrogens (tertiary/aromatic N) is 2. The molecule has 1 aromatic carbocycles. The molecule has 0 fully saturated rings. The highest BCUT2D eigenvalue weighted by Gasteiger charge is 2.18. The maximum Gasteiger partial charge on any atom is 0.133 e. The van der Waals surface area contributed by atoms with Crippen LogP contribution in [0.25, 0.3) is 11.3 Å². The summed E-state index contributed by atoms with van der Waals surface area (Å²) in [5, 5.41) is 15.5. The van der Waals surface area contributed by atoms with Gasteiger partial charge in [-0.15, -0.1) is 0 Å². The number of aromatic nitrogens is 2. The van der Waals surface area contributed by atoms with E-state index in [1.165, 1.54) is 0 Å². The van der Waals surface area contributed by atoms with E-state index in [0.717, 1.165) is 41.3 Å². The summed E-state index contributed by atoms with van der Waals surface area (Å²) >= 11 is 0. The molecule has 5 heteroatoms. The van der Waals surface area contributed by atoms with Crippen LogP contribution in [0.3, 0.4) is 0 Å². The molecule has 19 heavy (non-hydrogen) atoms. The fourth-order valence-electron chi connectivity index (χ4n) is 2.37. The Labute approximate surface area is 111 Å². The maximum atomic E-state index is 8.93. The number of rotatable bonds is 3. The van der Waals surface area contributed by atoms with Crippen LogP contribution < -0.4 is 10.6 Å². The highest BCUT2D eigenvalue weighted by Crippen LogP contribution is 2.33. The number of anilines is 2. The molecule has 98 valence electrons. The highest BCUT2D eigenvalue weighted by atomic mass is 16.3. The second-order valence-electron chi connectivity index (χ2n) is 4.42. The summed E-state index contributed by atoms with van der Waals surface area (Å²) < 4.78 is 0. The molecule has 1 aliphatic rings. The van der Waals surface area contributed by atoms with E-state index in [2.05, 4.69) is 32.7 Å². The van der Waals surface area contributed by atoms with Crippen molar-refractivity contribution in [1.29, 1.82) is 0 Å². The molecule has 5 nitrogen and oxygen atoms in total. The predicted octanol–water partition coefficient (Wildman–Crippen LogP) is 1.52. The van der Waals surface area contributed by atoms with Crippen molar-refractivity contribution in [2.24, 2.45) is 0 Å². The van der Waals surface area contributed by atoms with Gasteiger partial charge in [-0.2, -0.15) is 0 Å². The minimum atomic E-state index is 0.0909. The summed E-state index contributed by atoms with van der Waals surface area (Å²) in [7, 11) is 0. The molecular formula is C14H16N4O. The molecule has 0 saturated carbocycles. The van der Waals surface area contributed by atoms with Crippen LogP contribution in [0.15, 0.2) is 30.6 Å². The molecule has 2 aromatic rings. The Bertz CT molecular complexity index is 585. The van der Waals surface area contributed by atoms with Crippen LogP contribution in [0.4, 0.5) is 11.5 Å². The molecule has 0 unspecified atom stereocenters. The lowest BCUT2D eigenvalue weighted by Crippen LogP contribution is -2.11. The molecule has 0 spiro atoms. The van der Waals surface area contributed by atoms with Crippen LogP contribution in [0.5, 0.6) is 0 Å². The summed E-state index contributed by atoms with van der Waals surface area (Å²) in [5.41, 5.74) is 4.28. The van der Waals surface area contributed by atoms with Gasteiger partial charge in [0.25, 0.3) is 0 Å². The first kappa shape index (κ1) is 11.9. The molecular weight excluding hydrogens is 240 g/mol. The first-order valence-corrected chi connectivity index (χ1v) is 6.42. The van der Waals surface area contributed by atoms with E-state index in [1.54, 1.807) is 6.33 Å². The number of para-hydroxylation sites is 1. The van der Waals surface area contributed by atoms with Crippen LogP contribution in [-0.4, -0.2) is 34.8 Å². The van der Waals surface area contributed by atoms with E-state index in [0.29, 0.717) is 6.54 Å². The number of hydrogen-bond donors (Lipinski definition) is 3. The lowest BCUT2D eigenvalue weighted by Gasteiger charge is -2.12. The zero-order valence-corrected chi connectivity index (χ0v) is 10.6. The fraction of sp³-hybridized carbons (Fsp3) is 0.286. The van der Waals surface area contributed by atoms with Gasteiger partial charge in [-0.1, -0.05) is 18.2 Å². The second kappa shape index (κ2) is 5.24. The van der Waals surface area contributed by atoms with Gasteiger partial charge in [0.1, 0.15) is 12.1 Å². The smallest absolute Gasteiger partial charge is 0.133 e. The van der Waals surface area contributed by atoms with Crippen molar-refractivity contribution in [3.63, 3.8) is 0 Å². The molecule has 1 aromatic heterocycles. The third-order valence-electron chi connectivity index (χ3n) is 3.22. The maximum absolute atomic E-state index is 8.93. The van der Waals surface area contributed by atoms with Gasteiger partial charge in [-0.25, -0.2) is 9.97 Å². The number of hydrogen-bond acceptors (Lipinski definition) is 5. The predicted molar refractivity (Wildman–Crippen MR) is 75.2 cm³/mol. The Morgan fingerprint density at radius 2 is 2.16 bits per heavy atom. The van der Waals surface area contributed by atoms with Gasteiger partial charge in [0.2, 0.25) is 0 Å². The van der Waals surface area contributed by atoms with Crippen LogP contribution in [0, 0.1) is 0 Å². The molecule has 0 saturated heterocycles. The van der Waals surface area contributed by atoms with Crippen molar-refractivity contribution in [2.75, 3.05) is 30.3 Å². The molecule has 0 aliphatic carbocycles. The fourth-order valence-corrected chi connectivity index (χ4v) is 2.37. The van der Waals surface area contributed by atoms with Gasteiger partial charge in [-0.3, -0.25) is 0 Å². The van der Waals surface area contributed by atoms with E-state index in [1.807, 2.05) is 12.1 Å². The Morgan fingerprint density at radius 1 is 1.26 bits per heavy atom. The van der Waals surface area contributed by atoms with E-state index >= 15 is 0 Å². The Hall–Kier alpha value is -2.14. The number of nitrogens with one attached hydrogen (secondary N) is 2. The third kappa shape index (κ3) is 2.24. The summed E-state index contributed by atoms with van der Waals surface area (Å²) in [4.78, 5) is 8.72. The Balaban J connectivity index is 2.09. The first-order chi connectivity index (χ1) is 9.40. The van der Waals surface area contributed by atoms with Crippen molar-refractivity contribution in [3.05, 3.63) is 36.2 Å². The molecule has 0 bridgehead atoms. The lowest BCUT2D eigenvalue weighted by molar-refractivity contribution is 0.311. The number of aliphatic hydroxyl groups excluding tert-OH is 1. The van der Waals surface area contributed by atoms with Crippen LogP contribution in [0.1, 0.15) is 5.56 Å². The van der Waals surface area contributed by atoms with Crippen molar-refractivity contribution < 1.29 is 5.11 Å². The van der Waals surface area contributed by atoms with Crippen LogP contribution >= 0.6 is 0 Å². The van der Waals surface area contributed by atoms with Gasteiger partial charge >= 0.3 is 0 Å². The molecule has 0 atom stereocenters. The number of aliphatic hydroxyl groups is 1. The summed E-state index contributed by atoms with van der Waals surface area (Å²) in [5.74, 6) is 0.817. The van der Waals surface area contributed by atoms with E-state index in [-0.39, 0.29) is 6.61 Å². The Kier molecular flexibility index (Phi) is 3.29. The van der Waals surface area contributed by atoms with Crippen molar-refractivity contribution in [1.82, 2.24) is 9.97 Å². The largest absolute Gasteiger partial charge is 0.395 e. The molecule has 3 rings (SSSR count). The molecule has 2 heterocycles. The summed E-state index contributed by atoms with van der Waals surface area (Å²) in [6.07, 6.45) is 2.43. The van der Waals surface area contributed by atoms with Crippen LogP contribution in [-0.2, 0) is 6.42 Å². The van der Waals surface area contributed by atoms with E-state index < -0.39 is 0 Å². The minimum absolute atomic E-state index is 0.0909. The molecule has 1 aliphatic heterocycles. The molecule has 0 amide bonds. The Morgan fingerprint density at radius 3 is 3.05 bits per heavy atom. The van der Waals surface area contributed by atoms with Crippen molar-refractivity contribution in [3.8, 4) is 11.3 Å². The SMILES string of the molecule is OCCNc1ncnc2c1CCNc1ccccc1-2. The van der Waals surface area contributed by atoms with Gasteiger partial charge in [0.05, 0.1) is 12.3 Å². The topological polar surface area (TPSA) is 70.1 Å². The number of benzene rings is 1. The van der Waals surface area contributed by atoms with Crippen LogP contribution in [0.2, 0.25) is 0 Å². The molecule has 3 N–H and O–H groups in total. The summed E-state index contributed by atoms with van der Waals surface area (Å²) in [6, 6.07) is 8.16. The third-order valence-corrected chi connectivity index (χ3v) is 3.22. The van der Waals surface area contributed by atoms with E-state index in [9.17, 15) is 0 Å². The van der Waals surface area contributed by atoms with Crippen molar-refractivity contribution >= 4 is 11.5 Å². The number of fused-ring (bicyclic) bond motifs is 3. The monoisotopic (exact) mass is 256 g/mol. The van der Waals surface area contributed by atoms with Gasteiger partial charge in [0.15, 0.2) is 0 Å². The second-order valence-corrected chi connectivity index (χ2v) is 4.42. The summed E-state index contributed by atoms with van der Waals surface area (Å²) in [6.45, 7) is 1.44. The zero-order valence-electron chi connectivity index (χ0n) is 10.6. The van der Waals surface area contributed by atoms with Crippen molar-refractivity contribution in [2.45, 2.75) is 6.42 Å². The molecule has 0 radical (unpaired) electrons. The quantitative estimate of drug-likeness (QED) is 0.776. The minimum Gasteiger partial charge on any atom is -0.395 e.